The highest BCUT2D eigenvalue weighted by molar-refractivity contribution is 6.05. The Morgan fingerprint density at radius 1 is 0.941 bits per heavy atom. The molecule has 5 rings (SSSR count). The van der Waals surface area contributed by atoms with Crippen LogP contribution in [-0.2, 0) is 0 Å². The standard InChI is InChI=1S/C26H29N5O3/c32-21-11-9-19(10-12-21)29-26-27-15-18-7-4-8-22(23(18)30-26)24(33)28-20-13-14-31(16-20)25(34)17-5-2-1-3-6-17/h1-8,15,19-21,32H,9-14,16H2,(H,28,33)(H,27,29,30)/t19?,20-,21?/m0/s1. The first-order valence-electron chi connectivity index (χ1n) is 11.9. The van der Waals surface area contributed by atoms with Crippen LogP contribution in [0, 0.1) is 0 Å². The molecule has 2 heterocycles. The molecular weight excluding hydrogens is 430 g/mol. The van der Waals surface area contributed by atoms with E-state index in [4.69, 9.17) is 0 Å². The van der Waals surface area contributed by atoms with Gasteiger partial charge in [0.15, 0.2) is 0 Å². The maximum atomic E-state index is 13.2. The molecule has 3 aromatic rings. The van der Waals surface area contributed by atoms with Crippen molar-refractivity contribution in [3.05, 3.63) is 65.9 Å². The van der Waals surface area contributed by atoms with E-state index in [0.29, 0.717) is 42.1 Å². The summed E-state index contributed by atoms with van der Waals surface area (Å²) in [4.78, 5) is 36.8. The van der Waals surface area contributed by atoms with Crippen molar-refractivity contribution in [2.24, 2.45) is 0 Å². The number of nitrogens with zero attached hydrogens (tertiary/aromatic N) is 3. The van der Waals surface area contributed by atoms with Gasteiger partial charge in [0.05, 0.1) is 17.2 Å². The minimum Gasteiger partial charge on any atom is -0.393 e. The molecular formula is C26H29N5O3. The average molecular weight is 460 g/mol. The van der Waals surface area contributed by atoms with Crippen LogP contribution < -0.4 is 10.6 Å². The van der Waals surface area contributed by atoms with Gasteiger partial charge in [0, 0.05) is 42.3 Å². The molecule has 0 bridgehead atoms. The Labute approximate surface area is 198 Å². The van der Waals surface area contributed by atoms with Crippen molar-refractivity contribution in [3.63, 3.8) is 0 Å². The fraction of sp³-hybridized carbons (Fsp3) is 0.385. The minimum absolute atomic E-state index is 0.0128. The molecule has 1 atom stereocenters. The summed E-state index contributed by atoms with van der Waals surface area (Å²) in [5, 5.41) is 17.0. The van der Waals surface area contributed by atoms with Crippen molar-refractivity contribution in [1.82, 2.24) is 20.2 Å². The van der Waals surface area contributed by atoms with Gasteiger partial charge in [-0.3, -0.25) is 9.59 Å². The van der Waals surface area contributed by atoms with Gasteiger partial charge in [0.2, 0.25) is 5.95 Å². The lowest BCUT2D eigenvalue weighted by Crippen LogP contribution is -2.38. The van der Waals surface area contributed by atoms with Gasteiger partial charge in [-0.25, -0.2) is 9.97 Å². The summed E-state index contributed by atoms with van der Waals surface area (Å²) in [6.45, 7) is 1.10. The highest BCUT2D eigenvalue weighted by Gasteiger charge is 2.28. The van der Waals surface area contributed by atoms with Gasteiger partial charge in [0.25, 0.3) is 11.8 Å². The number of aliphatic hydroxyl groups is 1. The number of para-hydroxylation sites is 1. The SMILES string of the molecule is O=C(N[C@H]1CCN(C(=O)c2ccccc2)C1)c1cccc2cnc(NC3CCC(O)CC3)nc12. The first-order valence-corrected chi connectivity index (χ1v) is 11.9. The molecule has 1 saturated carbocycles. The van der Waals surface area contributed by atoms with Gasteiger partial charge >= 0.3 is 0 Å². The third-order valence-electron chi connectivity index (χ3n) is 6.72. The summed E-state index contributed by atoms with van der Waals surface area (Å²) in [5.74, 6) is 0.283. The van der Waals surface area contributed by atoms with E-state index >= 15 is 0 Å². The first kappa shape index (κ1) is 22.3. The Kier molecular flexibility index (Phi) is 6.40. The second-order valence-corrected chi connectivity index (χ2v) is 9.16. The number of hydrogen-bond donors (Lipinski definition) is 3. The van der Waals surface area contributed by atoms with E-state index in [1.54, 1.807) is 17.2 Å². The molecule has 0 radical (unpaired) electrons. The fourth-order valence-corrected chi connectivity index (χ4v) is 4.80. The largest absolute Gasteiger partial charge is 0.393 e. The summed E-state index contributed by atoms with van der Waals surface area (Å²) in [6.07, 6.45) is 5.49. The van der Waals surface area contributed by atoms with Gasteiger partial charge in [-0.05, 0) is 50.3 Å². The molecule has 8 nitrogen and oxygen atoms in total. The predicted molar refractivity (Wildman–Crippen MR) is 130 cm³/mol. The van der Waals surface area contributed by atoms with Gasteiger partial charge < -0.3 is 20.6 Å². The average Bonchev–Trinajstić information content (AvgIpc) is 3.33. The zero-order chi connectivity index (χ0) is 23.5. The highest BCUT2D eigenvalue weighted by atomic mass is 16.3. The van der Waals surface area contributed by atoms with Crippen LogP contribution in [0.15, 0.2) is 54.7 Å². The van der Waals surface area contributed by atoms with Crippen molar-refractivity contribution >= 4 is 28.7 Å². The monoisotopic (exact) mass is 459 g/mol. The Bertz CT molecular complexity index is 1180. The van der Waals surface area contributed by atoms with Crippen LogP contribution in [-0.4, -0.2) is 63.1 Å². The van der Waals surface area contributed by atoms with Gasteiger partial charge in [-0.1, -0.05) is 30.3 Å². The molecule has 2 aliphatic rings. The third-order valence-corrected chi connectivity index (χ3v) is 6.72. The zero-order valence-corrected chi connectivity index (χ0v) is 19.0. The van der Waals surface area contributed by atoms with Crippen molar-refractivity contribution < 1.29 is 14.7 Å². The zero-order valence-electron chi connectivity index (χ0n) is 19.0. The number of fused-ring (bicyclic) bond motifs is 1. The predicted octanol–water partition coefficient (Wildman–Crippen LogP) is 2.99. The maximum absolute atomic E-state index is 13.2. The number of amides is 2. The van der Waals surface area contributed by atoms with Crippen LogP contribution in [0.25, 0.3) is 10.9 Å². The summed E-state index contributed by atoms with van der Waals surface area (Å²) in [5.41, 5.74) is 1.76. The Morgan fingerprint density at radius 3 is 2.53 bits per heavy atom. The number of nitrogens with one attached hydrogen (secondary N) is 2. The molecule has 0 spiro atoms. The smallest absolute Gasteiger partial charge is 0.253 e. The summed E-state index contributed by atoms with van der Waals surface area (Å²) >= 11 is 0. The number of carbonyl (C=O) groups is 2. The highest BCUT2D eigenvalue weighted by Crippen LogP contribution is 2.23. The number of carbonyl (C=O) groups excluding carboxylic acids is 2. The van der Waals surface area contributed by atoms with Gasteiger partial charge in [-0.2, -0.15) is 0 Å². The molecule has 8 heteroatoms. The summed E-state index contributed by atoms with van der Waals surface area (Å²) in [7, 11) is 0. The van der Waals surface area contributed by atoms with Crippen molar-refractivity contribution in [2.75, 3.05) is 18.4 Å². The van der Waals surface area contributed by atoms with Crippen LogP contribution in [0.1, 0.15) is 52.8 Å². The molecule has 1 aliphatic carbocycles. The number of likely N-dealkylation sites (tertiary alicyclic amines) is 1. The van der Waals surface area contributed by atoms with E-state index in [-0.39, 0.29) is 30.0 Å². The molecule has 176 valence electrons. The lowest BCUT2D eigenvalue weighted by atomic mass is 9.93. The molecule has 1 aliphatic heterocycles. The molecule has 2 amide bonds. The maximum Gasteiger partial charge on any atom is 0.253 e. The second kappa shape index (κ2) is 9.77. The van der Waals surface area contributed by atoms with Gasteiger partial charge in [-0.15, -0.1) is 0 Å². The van der Waals surface area contributed by atoms with E-state index < -0.39 is 0 Å². The lowest BCUT2D eigenvalue weighted by molar-refractivity contribution is 0.0783. The van der Waals surface area contributed by atoms with E-state index in [1.165, 1.54) is 0 Å². The van der Waals surface area contributed by atoms with E-state index in [2.05, 4.69) is 20.6 Å². The fourth-order valence-electron chi connectivity index (χ4n) is 4.80. The normalized spacial score (nSPS) is 22.5. The molecule has 34 heavy (non-hydrogen) atoms. The van der Waals surface area contributed by atoms with Crippen LogP contribution in [0.4, 0.5) is 5.95 Å². The van der Waals surface area contributed by atoms with Gasteiger partial charge in [0.1, 0.15) is 0 Å². The molecule has 1 aromatic heterocycles. The summed E-state index contributed by atoms with van der Waals surface area (Å²) in [6, 6.07) is 14.8. The molecule has 3 N–H and O–H groups in total. The van der Waals surface area contributed by atoms with E-state index in [0.717, 1.165) is 31.1 Å². The minimum atomic E-state index is -0.222. The van der Waals surface area contributed by atoms with Crippen LogP contribution >= 0.6 is 0 Å². The first-order chi connectivity index (χ1) is 16.6. The van der Waals surface area contributed by atoms with Crippen LogP contribution in [0.5, 0.6) is 0 Å². The lowest BCUT2D eigenvalue weighted by Gasteiger charge is -2.26. The Hall–Kier alpha value is -3.52. The number of aromatic nitrogens is 2. The van der Waals surface area contributed by atoms with Crippen molar-refractivity contribution in [1.29, 1.82) is 0 Å². The third kappa shape index (κ3) is 4.87. The summed E-state index contributed by atoms with van der Waals surface area (Å²) < 4.78 is 0. The number of aliphatic hydroxyl groups excluding tert-OH is 1. The van der Waals surface area contributed by atoms with E-state index in [1.807, 2.05) is 42.5 Å². The Morgan fingerprint density at radius 2 is 1.74 bits per heavy atom. The number of anilines is 1. The van der Waals surface area contributed by atoms with Crippen LogP contribution in [0.2, 0.25) is 0 Å². The quantitative estimate of drug-likeness (QED) is 0.542. The van der Waals surface area contributed by atoms with Crippen molar-refractivity contribution in [3.8, 4) is 0 Å². The number of rotatable bonds is 5. The van der Waals surface area contributed by atoms with Crippen molar-refractivity contribution in [2.45, 2.75) is 50.3 Å². The molecule has 0 unspecified atom stereocenters. The Balaban J connectivity index is 1.27. The number of benzene rings is 2. The molecule has 1 saturated heterocycles. The number of hydrogen-bond acceptors (Lipinski definition) is 6. The molecule has 2 fully saturated rings. The topological polar surface area (TPSA) is 107 Å². The molecule has 2 aromatic carbocycles. The second-order valence-electron chi connectivity index (χ2n) is 9.16. The van der Waals surface area contributed by atoms with E-state index in [9.17, 15) is 14.7 Å². The van der Waals surface area contributed by atoms with Crippen LogP contribution in [0.3, 0.4) is 0 Å².